The van der Waals surface area contributed by atoms with Gasteiger partial charge in [-0.15, -0.1) is 0 Å². The molecule has 0 aliphatic heterocycles. The van der Waals surface area contributed by atoms with Crippen LogP contribution >= 0.6 is 0 Å². The second-order valence-electron chi connectivity index (χ2n) is 5.41. The van der Waals surface area contributed by atoms with E-state index in [-0.39, 0.29) is 0 Å². The molecule has 1 fully saturated rings. The largest absolute Gasteiger partial charge is 0.409 e. The van der Waals surface area contributed by atoms with Crippen molar-refractivity contribution in [1.29, 1.82) is 0 Å². The predicted octanol–water partition coefficient (Wildman–Crippen LogP) is 2.40. The van der Waals surface area contributed by atoms with Crippen LogP contribution in [-0.2, 0) is 6.54 Å². The van der Waals surface area contributed by atoms with Crippen LogP contribution in [0, 0.1) is 13.8 Å². The molecule has 4 nitrogen and oxygen atoms in total. The third-order valence-corrected chi connectivity index (χ3v) is 3.85. The summed E-state index contributed by atoms with van der Waals surface area (Å²) in [6.07, 6.45) is 3.15. The second kappa shape index (κ2) is 6.06. The zero-order valence-corrected chi connectivity index (χ0v) is 11.8. The van der Waals surface area contributed by atoms with Crippen LogP contribution < -0.4 is 5.73 Å². The Balaban J connectivity index is 2.04. The zero-order chi connectivity index (χ0) is 13.8. The smallest absolute Gasteiger partial charge is 0.140 e. The van der Waals surface area contributed by atoms with Gasteiger partial charge in [0.1, 0.15) is 5.84 Å². The van der Waals surface area contributed by atoms with Crippen LogP contribution in [-0.4, -0.2) is 28.5 Å². The van der Waals surface area contributed by atoms with E-state index in [2.05, 4.69) is 42.1 Å². The van der Waals surface area contributed by atoms with Crippen molar-refractivity contribution in [2.45, 2.75) is 45.7 Å². The Morgan fingerprint density at radius 3 is 2.53 bits per heavy atom. The van der Waals surface area contributed by atoms with Crippen molar-refractivity contribution in [2.75, 3.05) is 6.54 Å². The number of nitrogens with zero attached hydrogens (tertiary/aromatic N) is 2. The summed E-state index contributed by atoms with van der Waals surface area (Å²) < 4.78 is 0. The molecule has 104 valence electrons. The fourth-order valence-corrected chi connectivity index (χ4v) is 2.44. The summed E-state index contributed by atoms with van der Waals surface area (Å²) in [7, 11) is 0. The minimum atomic E-state index is 0.312. The molecule has 0 aromatic heterocycles. The first kappa shape index (κ1) is 13.9. The van der Waals surface area contributed by atoms with E-state index < -0.39 is 0 Å². The lowest BCUT2D eigenvalue weighted by atomic mass is 10.0. The summed E-state index contributed by atoms with van der Waals surface area (Å²) in [6, 6.07) is 7.10. The molecule has 3 N–H and O–H groups in total. The number of hydrogen-bond acceptors (Lipinski definition) is 3. The Labute approximate surface area is 114 Å². The van der Waals surface area contributed by atoms with Crippen LogP contribution in [0.2, 0.25) is 0 Å². The van der Waals surface area contributed by atoms with Gasteiger partial charge in [0.15, 0.2) is 0 Å². The van der Waals surface area contributed by atoms with Gasteiger partial charge in [0.25, 0.3) is 0 Å². The van der Waals surface area contributed by atoms with Gasteiger partial charge in [-0.2, -0.15) is 0 Å². The van der Waals surface area contributed by atoms with Crippen molar-refractivity contribution < 1.29 is 5.21 Å². The molecule has 1 aromatic carbocycles. The zero-order valence-electron chi connectivity index (χ0n) is 11.8. The van der Waals surface area contributed by atoms with Gasteiger partial charge in [0.2, 0.25) is 0 Å². The van der Waals surface area contributed by atoms with Gasteiger partial charge in [0.05, 0.1) is 0 Å². The van der Waals surface area contributed by atoms with Gasteiger partial charge in [0, 0.05) is 25.6 Å². The molecule has 1 saturated carbocycles. The lowest BCUT2D eigenvalue weighted by Crippen LogP contribution is -2.30. The van der Waals surface area contributed by atoms with Crippen molar-refractivity contribution in [3.63, 3.8) is 0 Å². The molecule has 0 bridgehead atoms. The average molecular weight is 261 g/mol. The van der Waals surface area contributed by atoms with E-state index in [0.29, 0.717) is 18.3 Å². The molecule has 1 aromatic rings. The number of aryl methyl sites for hydroxylation is 2. The number of benzene rings is 1. The molecule has 0 atom stereocenters. The Morgan fingerprint density at radius 2 is 2.00 bits per heavy atom. The molecule has 1 aliphatic carbocycles. The van der Waals surface area contributed by atoms with Crippen LogP contribution in [0.3, 0.4) is 0 Å². The number of amidine groups is 1. The highest BCUT2D eigenvalue weighted by molar-refractivity contribution is 5.79. The van der Waals surface area contributed by atoms with E-state index in [0.717, 1.165) is 13.1 Å². The van der Waals surface area contributed by atoms with E-state index in [9.17, 15) is 0 Å². The highest BCUT2D eigenvalue weighted by atomic mass is 16.4. The van der Waals surface area contributed by atoms with Gasteiger partial charge in [-0.3, -0.25) is 4.90 Å². The maximum Gasteiger partial charge on any atom is 0.140 e. The quantitative estimate of drug-likeness (QED) is 0.358. The number of hydrogen-bond donors (Lipinski definition) is 2. The maximum atomic E-state index is 8.62. The lowest BCUT2D eigenvalue weighted by Gasteiger charge is -2.23. The number of nitrogens with two attached hydrogens (primary N) is 1. The van der Waals surface area contributed by atoms with Crippen LogP contribution in [0.15, 0.2) is 23.4 Å². The Hall–Kier alpha value is -1.55. The lowest BCUT2D eigenvalue weighted by molar-refractivity contribution is 0.258. The van der Waals surface area contributed by atoms with Crippen molar-refractivity contribution in [2.24, 2.45) is 10.9 Å². The molecule has 0 spiro atoms. The summed E-state index contributed by atoms with van der Waals surface area (Å²) in [5.74, 6) is 0.312. The van der Waals surface area contributed by atoms with E-state index in [1.54, 1.807) is 0 Å². The molecule has 1 aliphatic rings. The third kappa shape index (κ3) is 3.70. The van der Waals surface area contributed by atoms with Gasteiger partial charge in [-0.05, 0) is 43.4 Å². The highest BCUT2D eigenvalue weighted by Gasteiger charge is 2.29. The highest BCUT2D eigenvalue weighted by Crippen LogP contribution is 2.29. The third-order valence-electron chi connectivity index (χ3n) is 3.85. The normalized spacial score (nSPS) is 16.1. The molecule has 4 heteroatoms. The minimum Gasteiger partial charge on any atom is -0.409 e. The molecule has 0 amide bonds. The van der Waals surface area contributed by atoms with Crippen LogP contribution in [0.1, 0.15) is 36.0 Å². The van der Waals surface area contributed by atoms with Gasteiger partial charge >= 0.3 is 0 Å². The summed E-state index contributed by atoms with van der Waals surface area (Å²) in [4.78, 5) is 2.45. The fourth-order valence-electron chi connectivity index (χ4n) is 2.44. The molecule has 0 unspecified atom stereocenters. The second-order valence-corrected chi connectivity index (χ2v) is 5.41. The summed E-state index contributed by atoms with van der Waals surface area (Å²) in [5, 5.41) is 11.7. The van der Waals surface area contributed by atoms with Gasteiger partial charge < -0.3 is 10.9 Å². The summed E-state index contributed by atoms with van der Waals surface area (Å²) in [5.41, 5.74) is 9.66. The van der Waals surface area contributed by atoms with Crippen molar-refractivity contribution in [3.05, 3.63) is 34.9 Å². The molecular weight excluding hydrogens is 238 g/mol. The Morgan fingerprint density at radius 1 is 1.37 bits per heavy atom. The van der Waals surface area contributed by atoms with Gasteiger partial charge in [-0.1, -0.05) is 23.4 Å². The first-order chi connectivity index (χ1) is 9.11. The van der Waals surface area contributed by atoms with Gasteiger partial charge in [-0.25, -0.2) is 0 Å². The molecule has 0 saturated heterocycles. The summed E-state index contributed by atoms with van der Waals surface area (Å²) >= 11 is 0. The van der Waals surface area contributed by atoms with Crippen LogP contribution in [0.25, 0.3) is 0 Å². The van der Waals surface area contributed by atoms with E-state index in [4.69, 9.17) is 10.9 Å². The number of rotatable bonds is 6. The van der Waals surface area contributed by atoms with E-state index >= 15 is 0 Å². The number of oxime groups is 1. The van der Waals surface area contributed by atoms with Crippen molar-refractivity contribution in [1.82, 2.24) is 4.90 Å². The van der Waals surface area contributed by atoms with E-state index in [1.165, 1.54) is 29.5 Å². The fraction of sp³-hybridized carbons (Fsp3) is 0.533. The SMILES string of the molecule is Cc1cccc(C)c1CN(CC/C(N)=N/O)C1CC1. The standard InChI is InChI=1S/C15H23N3O/c1-11-4-3-5-12(2)14(11)10-18(13-6-7-13)9-8-15(16)17-19/h3-5,13,19H,6-10H2,1-2H3,(H2,16,17). The first-order valence-corrected chi connectivity index (χ1v) is 6.87. The Bertz CT molecular complexity index is 446. The summed E-state index contributed by atoms with van der Waals surface area (Å²) in [6.45, 7) is 6.14. The van der Waals surface area contributed by atoms with Crippen molar-refractivity contribution in [3.8, 4) is 0 Å². The monoisotopic (exact) mass is 261 g/mol. The maximum absolute atomic E-state index is 8.62. The predicted molar refractivity (Wildman–Crippen MR) is 77.4 cm³/mol. The Kier molecular flexibility index (Phi) is 4.43. The molecular formula is C15H23N3O. The molecule has 2 rings (SSSR count). The topological polar surface area (TPSA) is 61.8 Å². The molecule has 0 heterocycles. The average Bonchev–Trinajstić information content (AvgIpc) is 3.21. The van der Waals surface area contributed by atoms with Crippen LogP contribution in [0.4, 0.5) is 0 Å². The molecule has 0 radical (unpaired) electrons. The van der Waals surface area contributed by atoms with Crippen molar-refractivity contribution >= 4 is 5.84 Å². The molecule has 19 heavy (non-hydrogen) atoms. The van der Waals surface area contributed by atoms with Crippen LogP contribution in [0.5, 0.6) is 0 Å². The minimum absolute atomic E-state index is 0.312. The van der Waals surface area contributed by atoms with E-state index in [1.807, 2.05) is 0 Å². The first-order valence-electron chi connectivity index (χ1n) is 6.87.